The van der Waals surface area contributed by atoms with Crippen LogP contribution in [0.5, 0.6) is 0 Å². The molecule has 184 valence electrons. The van der Waals surface area contributed by atoms with Crippen LogP contribution < -0.4 is 10.2 Å². The molecule has 2 aromatic rings. The highest BCUT2D eigenvalue weighted by Crippen LogP contribution is 2.27. The first-order chi connectivity index (χ1) is 16.5. The van der Waals surface area contributed by atoms with Gasteiger partial charge >= 0.3 is 0 Å². The molecule has 1 N–H and O–H groups in total. The number of allylic oxidation sites excluding steroid dienone is 5. The number of fused-ring (bicyclic) bond motifs is 1. The lowest BCUT2D eigenvalue weighted by atomic mass is 9.83. The minimum Gasteiger partial charge on any atom is -0.494 e. The molecule has 2 aliphatic rings. The van der Waals surface area contributed by atoms with Crippen LogP contribution in [0.25, 0.3) is 10.9 Å². The van der Waals surface area contributed by atoms with Gasteiger partial charge in [0.05, 0.1) is 12.1 Å². The van der Waals surface area contributed by atoms with Gasteiger partial charge in [-0.15, -0.1) is 0 Å². The molecule has 4 rings (SSSR count). The summed E-state index contributed by atoms with van der Waals surface area (Å²) in [6.45, 7) is 7.37. The first-order valence-corrected chi connectivity index (χ1v) is 12.8. The molecule has 0 aliphatic heterocycles. The van der Waals surface area contributed by atoms with Crippen molar-refractivity contribution in [3.05, 3.63) is 66.2 Å². The Hall–Kier alpha value is -2.66. The van der Waals surface area contributed by atoms with E-state index in [1.807, 2.05) is 62.3 Å². The zero-order valence-corrected chi connectivity index (χ0v) is 21.5. The lowest BCUT2D eigenvalue weighted by molar-refractivity contribution is 0.216. The Bertz CT molecular complexity index is 971. The minimum absolute atomic E-state index is 0.810. The summed E-state index contributed by atoms with van der Waals surface area (Å²) < 4.78 is 5.76. The number of nitrogens with one attached hydrogen (secondary N) is 1. The van der Waals surface area contributed by atoms with E-state index in [1.165, 1.54) is 32.2 Å². The van der Waals surface area contributed by atoms with Crippen molar-refractivity contribution in [2.45, 2.75) is 52.4 Å². The van der Waals surface area contributed by atoms with Crippen molar-refractivity contribution in [3.63, 3.8) is 0 Å². The quantitative estimate of drug-likeness (QED) is 0.472. The Morgan fingerprint density at radius 2 is 1.85 bits per heavy atom. The molecule has 0 spiro atoms. The van der Waals surface area contributed by atoms with Crippen LogP contribution in [0, 0.1) is 18.8 Å². The van der Waals surface area contributed by atoms with Gasteiger partial charge in [0.25, 0.3) is 0 Å². The largest absolute Gasteiger partial charge is 0.494 e. The van der Waals surface area contributed by atoms with E-state index >= 15 is 0 Å². The Kier molecular flexibility index (Phi) is 10.6. The van der Waals surface area contributed by atoms with Crippen molar-refractivity contribution in [2.24, 2.45) is 11.8 Å². The topological polar surface area (TPSA) is 50.3 Å². The lowest BCUT2D eigenvalue weighted by Gasteiger charge is -2.26. The van der Waals surface area contributed by atoms with E-state index < -0.39 is 0 Å². The van der Waals surface area contributed by atoms with Crippen molar-refractivity contribution in [1.82, 2.24) is 15.3 Å². The zero-order valence-electron chi connectivity index (χ0n) is 21.5. The summed E-state index contributed by atoms with van der Waals surface area (Å²) in [5, 5.41) is 4.69. The van der Waals surface area contributed by atoms with Gasteiger partial charge in [0.2, 0.25) is 0 Å². The molecule has 1 saturated carbocycles. The fourth-order valence-electron chi connectivity index (χ4n) is 4.41. The molecular formula is C29H42N4O. The smallest absolute Gasteiger partial charge is 0.139 e. The Morgan fingerprint density at radius 1 is 1.06 bits per heavy atom. The summed E-state index contributed by atoms with van der Waals surface area (Å²) in [4.78, 5) is 10.8. The highest BCUT2D eigenvalue weighted by atomic mass is 16.5. The van der Waals surface area contributed by atoms with Crippen LogP contribution in [0.4, 0.5) is 5.82 Å². The molecule has 0 atom stereocenters. The van der Waals surface area contributed by atoms with Crippen molar-refractivity contribution in [3.8, 4) is 0 Å². The summed E-state index contributed by atoms with van der Waals surface area (Å²) in [6, 6.07) is 8.06. The number of para-hydroxylation sites is 1. The monoisotopic (exact) mass is 462 g/mol. The van der Waals surface area contributed by atoms with Crippen LogP contribution in [0.1, 0.15) is 51.3 Å². The molecule has 0 saturated heterocycles. The van der Waals surface area contributed by atoms with Crippen LogP contribution in [0.3, 0.4) is 0 Å². The first-order valence-electron chi connectivity index (χ1n) is 12.8. The predicted molar refractivity (Wildman–Crippen MR) is 144 cm³/mol. The average Bonchev–Trinajstić information content (AvgIpc) is 3.11. The normalized spacial score (nSPS) is 19.7. The highest BCUT2D eigenvalue weighted by Gasteiger charge is 2.17. The van der Waals surface area contributed by atoms with E-state index in [4.69, 9.17) is 4.74 Å². The summed E-state index contributed by atoms with van der Waals surface area (Å²) in [7, 11) is 3.99. The van der Waals surface area contributed by atoms with Gasteiger partial charge in [-0.2, -0.15) is 0 Å². The van der Waals surface area contributed by atoms with Gasteiger partial charge in [-0.25, -0.2) is 9.97 Å². The second kappa shape index (κ2) is 13.9. The second-order valence-electron chi connectivity index (χ2n) is 9.67. The molecule has 2 aliphatic carbocycles. The summed E-state index contributed by atoms with van der Waals surface area (Å²) in [5.74, 6) is 4.66. The third kappa shape index (κ3) is 8.60. The number of hydrogen-bond acceptors (Lipinski definition) is 5. The molecule has 1 aromatic carbocycles. The van der Waals surface area contributed by atoms with Gasteiger partial charge < -0.3 is 15.0 Å². The van der Waals surface area contributed by atoms with Gasteiger partial charge in [-0.3, -0.25) is 0 Å². The maximum absolute atomic E-state index is 5.76. The molecule has 5 nitrogen and oxygen atoms in total. The molecule has 1 heterocycles. The van der Waals surface area contributed by atoms with Crippen LogP contribution in [-0.4, -0.2) is 43.8 Å². The number of rotatable bonds is 8. The molecule has 0 bridgehead atoms. The Balaban J connectivity index is 0.000000202. The van der Waals surface area contributed by atoms with Gasteiger partial charge in [0, 0.05) is 19.5 Å². The molecular weight excluding hydrogens is 420 g/mol. The molecule has 1 fully saturated rings. The standard InChI is InChI=1S/C18H29NO.C11H13N3/c1-16-9-11-17(12-10-16)15-19-13-6-14-20-18-7-4-2-3-5-8-18;1-8-12-10-7-5-4-6-9(10)11(13-8)14(2)3/h2-4,7-8,16-17,19H,5-6,9-15H2,1H3;4-7H,1-3H3. The van der Waals surface area contributed by atoms with E-state index in [-0.39, 0.29) is 0 Å². The molecule has 0 unspecified atom stereocenters. The second-order valence-corrected chi connectivity index (χ2v) is 9.67. The van der Waals surface area contributed by atoms with Crippen molar-refractivity contribution < 1.29 is 4.74 Å². The fraction of sp³-hybridized carbons (Fsp3) is 0.517. The molecule has 34 heavy (non-hydrogen) atoms. The van der Waals surface area contributed by atoms with E-state index in [1.54, 1.807) is 0 Å². The zero-order chi connectivity index (χ0) is 24.2. The SMILES string of the molecule is CC1CCC(CNCCCOC2=CCC=CC=C2)CC1.Cc1nc(N(C)C)c2ccccc2n1. The summed E-state index contributed by atoms with van der Waals surface area (Å²) in [6.07, 6.45) is 18.2. The molecule has 0 radical (unpaired) electrons. The van der Waals surface area contributed by atoms with Crippen molar-refractivity contribution >= 4 is 16.7 Å². The van der Waals surface area contributed by atoms with Crippen molar-refractivity contribution in [2.75, 3.05) is 38.7 Å². The third-order valence-corrected chi connectivity index (χ3v) is 6.42. The number of aryl methyl sites for hydroxylation is 1. The van der Waals surface area contributed by atoms with Gasteiger partial charge in [0.15, 0.2) is 0 Å². The van der Waals surface area contributed by atoms with E-state index in [2.05, 4.69) is 40.4 Å². The summed E-state index contributed by atoms with van der Waals surface area (Å²) in [5.41, 5.74) is 1.00. The number of aromatic nitrogens is 2. The van der Waals surface area contributed by atoms with Crippen LogP contribution in [-0.2, 0) is 4.74 Å². The van der Waals surface area contributed by atoms with Crippen molar-refractivity contribution in [1.29, 1.82) is 0 Å². The molecule has 0 amide bonds. The highest BCUT2D eigenvalue weighted by molar-refractivity contribution is 5.89. The number of ether oxygens (including phenoxy) is 1. The van der Waals surface area contributed by atoms with E-state index in [9.17, 15) is 0 Å². The Morgan fingerprint density at radius 3 is 2.65 bits per heavy atom. The van der Waals surface area contributed by atoms with Crippen LogP contribution in [0.15, 0.2) is 60.4 Å². The number of anilines is 1. The van der Waals surface area contributed by atoms with Gasteiger partial charge in [-0.1, -0.05) is 50.1 Å². The van der Waals surface area contributed by atoms with Crippen LogP contribution >= 0.6 is 0 Å². The average molecular weight is 463 g/mol. The fourth-order valence-corrected chi connectivity index (χ4v) is 4.41. The van der Waals surface area contributed by atoms with Gasteiger partial charge in [0.1, 0.15) is 17.4 Å². The van der Waals surface area contributed by atoms with Crippen LogP contribution in [0.2, 0.25) is 0 Å². The summed E-state index contributed by atoms with van der Waals surface area (Å²) >= 11 is 0. The lowest BCUT2D eigenvalue weighted by Crippen LogP contribution is -2.27. The minimum atomic E-state index is 0.810. The Labute approximate surface area is 206 Å². The third-order valence-electron chi connectivity index (χ3n) is 6.42. The number of benzene rings is 1. The number of hydrogen-bond donors (Lipinski definition) is 1. The van der Waals surface area contributed by atoms with E-state index in [0.717, 1.165) is 66.1 Å². The maximum Gasteiger partial charge on any atom is 0.139 e. The molecule has 5 heteroatoms. The van der Waals surface area contributed by atoms with E-state index in [0.29, 0.717) is 0 Å². The molecule has 1 aromatic heterocycles. The predicted octanol–water partition coefficient (Wildman–Crippen LogP) is 6.21. The number of nitrogens with zero attached hydrogens (tertiary/aromatic N) is 3. The first kappa shape index (κ1) is 26.0. The van der Waals surface area contributed by atoms with Gasteiger partial charge in [-0.05, 0) is 81.8 Å². The maximum atomic E-state index is 5.76.